The fraction of sp³-hybridized carbons (Fsp3) is 0.462. The van der Waals surface area contributed by atoms with Crippen molar-refractivity contribution in [3.8, 4) is 11.4 Å². The Morgan fingerprint density at radius 3 is 2.51 bits per heavy atom. The van der Waals surface area contributed by atoms with Gasteiger partial charge in [0.05, 0.1) is 0 Å². The van der Waals surface area contributed by atoms with Crippen LogP contribution in [-0.4, -0.2) is 32.7 Å². The number of carbonyl (C=O) groups excluding carboxylic acids is 1. The second-order valence-electron chi connectivity index (χ2n) is 14.3. The second-order valence-corrected chi connectivity index (χ2v) is 14.3. The van der Waals surface area contributed by atoms with Crippen LogP contribution in [0.1, 0.15) is 70.4 Å². The quantitative estimate of drug-likeness (QED) is 0.185. The molecule has 1 heterocycles. The molecule has 0 radical (unpaired) electrons. The largest absolute Gasteiger partial charge is 0.505 e. The summed E-state index contributed by atoms with van der Waals surface area (Å²) in [5, 5.41) is 20.4. The van der Waals surface area contributed by atoms with Gasteiger partial charge in [-0.05, 0) is 103 Å². The summed E-state index contributed by atoms with van der Waals surface area (Å²) >= 11 is 0. The highest BCUT2D eigenvalue weighted by Crippen LogP contribution is 2.49. The molecule has 6 rings (SSSR count). The molecule has 0 amide bonds. The van der Waals surface area contributed by atoms with Crippen molar-refractivity contribution in [3.63, 3.8) is 0 Å². The van der Waals surface area contributed by atoms with E-state index in [1.807, 2.05) is 42.5 Å². The van der Waals surface area contributed by atoms with Crippen LogP contribution in [0.5, 0.6) is 5.75 Å². The number of allylic oxidation sites excluding steroid dienone is 6. The molecule has 6 nitrogen and oxygen atoms in total. The van der Waals surface area contributed by atoms with Gasteiger partial charge < -0.3 is 9.84 Å². The van der Waals surface area contributed by atoms with Crippen LogP contribution < -0.4 is 0 Å². The van der Waals surface area contributed by atoms with Crippen molar-refractivity contribution in [1.29, 1.82) is 0 Å². The predicted molar refractivity (Wildman–Crippen MR) is 180 cm³/mol. The molecule has 2 saturated carbocycles. The Hall–Kier alpha value is -3.93. The first kappa shape index (κ1) is 31.1. The average molecular weight is 606 g/mol. The number of phenolic OH excluding ortho intramolecular Hbond substituents is 1. The van der Waals surface area contributed by atoms with Gasteiger partial charge in [0.2, 0.25) is 0 Å². The Kier molecular flexibility index (Phi) is 9.11. The molecular formula is C39H47N3O3. The fourth-order valence-corrected chi connectivity index (χ4v) is 7.63. The molecule has 0 aliphatic heterocycles. The van der Waals surface area contributed by atoms with Gasteiger partial charge in [0, 0.05) is 12.0 Å². The number of aryl methyl sites for hydroxylation is 1. The Morgan fingerprint density at radius 2 is 1.80 bits per heavy atom. The molecule has 1 N–H and O–H groups in total. The number of esters is 1. The maximum atomic E-state index is 12.8. The number of nitrogens with zero attached hydrogens (tertiary/aromatic N) is 3. The molecule has 6 heteroatoms. The van der Waals surface area contributed by atoms with Crippen LogP contribution >= 0.6 is 0 Å². The van der Waals surface area contributed by atoms with Gasteiger partial charge in [-0.3, -0.25) is 4.79 Å². The van der Waals surface area contributed by atoms with Gasteiger partial charge in [-0.2, -0.15) is 0 Å². The SMILES string of the molecule is C=CC1CCC(/C=C\C2CC(/C=C\COC(=O)CCc3cc(-n4nc5ccccc5n4)c(O)c(C(C)(C)C)c3)C3C=CCC23)C1. The van der Waals surface area contributed by atoms with Gasteiger partial charge in [0.1, 0.15) is 29.1 Å². The topological polar surface area (TPSA) is 77.2 Å². The number of benzene rings is 2. The molecule has 0 spiro atoms. The van der Waals surface area contributed by atoms with Crippen molar-refractivity contribution in [2.24, 2.45) is 35.5 Å². The Morgan fingerprint density at radius 1 is 1.04 bits per heavy atom. The first-order chi connectivity index (χ1) is 21.7. The van der Waals surface area contributed by atoms with Crippen LogP contribution in [-0.2, 0) is 21.4 Å². The molecule has 3 aliphatic rings. The summed E-state index contributed by atoms with van der Waals surface area (Å²) in [5.74, 6) is 3.70. The first-order valence-corrected chi connectivity index (χ1v) is 16.7. The number of carbonyl (C=O) groups is 1. The van der Waals surface area contributed by atoms with Crippen LogP contribution in [0.15, 0.2) is 85.5 Å². The third-order valence-electron chi connectivity index (χ3n) is 10.1. The maximum absolute atomic E-state index is 12.8. The molecule has 0 bridgehead atoms. The van der Waals surface area contributed by atoms with Crippen LogP contribution in [0, 0.1) is 35.5 Å². The Balaban J connectivity index is 1.04. The zero-order valence-corrected chi connectivity index (χ0v) is 26.9. The number of phenols is 1. The Bertz CT molecular complexity index is 1590. The van der Waals surface area contributed by atoms with Crippen LogP contribution in [0.4, 0.5) is 0 Å². The van der Waals surface area contributed by atoms with Gasteiger partial charge in [-0.1, -0.05) is 81.5 Å². The molecule has 1 aromatic heterocycles. The lowest BCUT2D eigenvalue weighted by atomic mass is 9.84. The van der Waals surface area contributed by atoms with Gasteiger partial charge in [-0.25, -0.2) is 0 Å². The summed E-state index contributed by atoms with van der Waals surface area (Å²) in [6.07, 6.45) is 23.1. The van der Waals surface area contributed by atoms with Gasteiger partial charge in [0.25, 0.3) is 0 Å². The van der Waals surface area contributed by atoms with Crippen molar-refractivity contribution >= 4 is 17.0 Å². The summed E-state index contributed by atoms with van der Waals surface area (Å²) in [6.45, 7) is 10.5. The molecule has 6 unspecified atom stereocenters. The van der Waals surface area contributed by atoms with Gasteiger partial charge in [-0.15, -0.1) is 21.6 Å². The number of hydrogen-bond acceptors (Lipinski definition) is 5. The number of ether oxygens (including phenoxy) is 1. The Labute approximate surface area is 267 Å². The average Bonchev–Trinajstić information content (AvgIpc) is 3.82. The molecule has 6 atom stereocenters. The summed E-state index contributed by atoms with van der Waals surface area (Å²) in [6, 6.07) is 11.5. The highest BCUT2D eigenvalue weighted by Gasteiger charge is 2.41. The zero-order chi connectivity index (χ0) is 31.6. The summed E-state index contributed by atoms with van der Waals surface area (Å²) in [4.78, 5) is 14.3. The number of hydrogen-bond donors (Lipinski definition) is 1. The third-order valence-corrected chi connectivity index (χ3v) is 10.1. The number of aromatic nitrogens is 3. The molecule has 3 aromatic rings. The minimum atomic E-state index is -0.305. The predicted octanol–water partition coefficient (Wildman–Crippen LogP) is 8.44. The van der Waals surface area contributed by atoms with Crippen molar-refractivity contribution in [2.75, 3.05) is 6.61 Å². The molecule has 2 fully saturated rings. The fourth-order valence-electron chi connectivity index (χ4n) is 7.63. The molecule has 45 heavy (non-hydrogen) atoms. The lowest BCUT2D eigenvalue weighted by Crippen LogP contribution is -2.14. The van der Waals surface area contributed by atoms with E-state index >= 15 is 0 Å². The van der Waals surface area contributed by atoms with E-state index < -0.39 is 0 Å². The van der Waals surface area contributed by atoms with E-state index in [4.69, 9.17) is 4.74 Å². The maximum Gasteiger partial charge on any atom is 0.306 e. The summed E-state index contributed by atoms with van der Waals surface area (Å²) < 4.78 is 5.63. The van der Waals surface area contributed by atoms with Crippen LogP contribution in [0.2, 0.25) is 0 Å². The van der Waals surface area contributed by atoms with Gasteiger partial charge >= 0.3 is 5.97 Å². The zero-order valence-electron chi connectivity index (χ0n) is 26.9. The van der Waals surface area contributed by atoms with E-state index in [0.717, 1.165) is 28.6 Å². The first-order valence-electron chi connectivity index (χ1n) is 16.7. The van der Waals surface area contributed by atoms with Crippen molar-refractivity contribution in [3.05, 3.63) is 96.6 Å². The molecule has 0 saturated heterocycles. The summed E-state index contributed by atoms with van der Waals surface area (Å²) in [5.41, 5.74) is 3.44. The number of fused-ring (bicyclic) bond motifs is 2. The van der Waals surface area contributed by atoms with Crippen molar-refractivity contribution in [1.82, 2.24) is 15.0 Å². The molecule has 236 valence electrons. The third kappa shape index (κ3) is 7.00. The standard InChI is InChI=1S/C39H47N3O3/c1-5-26-15-16-27(22-26)17-19-30-25-29(31-11-8-12-32(30)31)10-9-21-45-37(43)20-18-28-23-33(39(2,3)4)38(44)36(24-28)42-40-34-13-6-7-14-35(34)41-42/h5-11,13-14,17,19,23-24,26-27,29-32,44H,1,12,15-16,18,20-22,25H2,2-4H3/b10-9-,19-17-. The normalized spacial score (nSPS) is 26.4. The van der Waals surface area contributed by atoms with E-state index in [9.17, 15) is 9.90 Å². The molecule has 2 aromatic carbocycles. The monoisotopic (exact) mass is 605 g/mol. The molecular weight excluding hydrogens is 558 g/mol. The van der Waals surface area contributed by atoms with Crippen molar-refractivity contribution in [2.45, 2.75) is 71.1 Å². The van der Waals surface area contributed by atoms with Crippen LogP contribution in [0.3, 0.4) is 0 Å². The number of aromatic hydroxyl groups is 1. The molecule has 3 aliphatic carbocycles. The van der Waals surface area contributed by atoms with E-state index in [1.165, 1.54) is 30.5 Å². The van der Waals surface area contributed by atoms with E-state index in [-0.39, 0.29) is 23.6 Å². The smallest absolute Gasteiger partial charge is 0.306 e. The van der Waals surface area contributed by atoms with E-state index in [0.29, 0.717) is 54.2 Å². The van der Waals surface area contributed by atoms with Gasteiger partial charge in [0.15, 0.2) is 0 Å². The lowest BCUT2D eigenvalue weighted by Gasteiger charge is -2.23. The highest BCUT2D eigenvalue weighted by molar-refractivity contribution is 5.74. The number of rotatable bonds is 10. The van der Waals surface area contributed by atoms with E-state index in [2.05, 4.69) is 74.0 Å². The second kappa shape index (κ2) is 13.2. The minimum absolute atomic E-state index is 0.156. The van der Waals surface area contributed by atoms with E-state index in [1.54, 1.807) is 0 Å². The summed E-state index contributed by atoms with van der Waals surface area (Å²) in [7, 11) is 0. The minimum Gasteiger partial charge on any atom is -0.505 e. The lowest BCUT2D eigenvalue weighted by molar-refractivity contribution is -0.142. The van der Waals surface area contributed by atoms with Crippen molar-refractivity contribution < 1.29 is 14.6 Å². The highest BCUT2D eigenvalue weighted by atomic mass is 16.5. The van der Waals surface area contributed by atoms with Crippen LogP contribution in [0.25, 0.3) is 16.7 Å².